The Morgan fingerprint density at radius 2 is 2.00 bits per heavy atom. The molecule has 3 heteroatoms. The minimum absolute atomic E-state index is 0.0789. The van der Waals surface area contributed by atoms with E-state index in [-0.39, 0.29) is 17.0 Å². The van der Waals surface area contributed by atoms with E-state index < -0.39 is 0 Å². The average Bonchev–Trinajstić information content (AvgIpc) is 2.45. The van der Waals surface area contributed by atoms with Gasteiger partial charge in [-0.2, -0.15) is 0 Å². The van der Waals surface area contributed by atoms with E-state index >= 15 is 0 Å². The van der Waals surface area contributed by atoms with Gasteiger partial charge in [0, 0.05) is 24.1 Å². The standard InChI is InChI=1S/C15H20N2O/c1-10-5-6-12-11(9-10)14(2,3)15(4)16-13(18)7-8-17(12)15/h5-6,9H,7-8H2,1-4H3,(H,16,18)/t15-/m0/s1. The number of nitrogens with one attached hydrogen (secondary N) is 1. The summed E-state index contributed by atoms with van der Waals surface area (Å²) in [6, 6.07) is 6.59. The van der Waals surface area contributed by atoms with Crippen molar-refractivity contribution >= 4 is 11.6 Å². The second kappa shape index (κ2) is 3.28. The van der Waals surface area contributed by atoms with E-state index in [1.807, 2.05) is 0 Å². The summed E-state index contributed by atoms with van der Waals surface area (Å²) in [6.45, 7) is 9.50. The number of hydrogen-bond acceptors (Lipinski definition) is 2. The molecule has 0 aromatic heterocycles. The van der Waals surface area contributed by atoms with Crippen LogP contribution in [-0.4, -0.2) is 18.1 Å². The van der Waals surface area contributed by atoms with Gasteiger partial charge >= 0.3 is 0 Å². The van der Waals surface area contributed by atoms with Crippen molar-refractivity contribution in [3.63, 3.8) is 0 Å². The molecule has 0 unspecified atom stereocenters. The summed E-state index contributed by atoms with van der Waals surface area (Å²) in [6.07, 6.45) is 0.582. The van der Waals surface area contributed by atoms with Crippen molar-refractivity contribution in [2.24, 2.45) is 0 Å². The molecule has 18 heavy (non-hydrogen) atoms. The fraction of sp³-hybridized carbons (Fsp3) is 0.533. The van der Waals surface area contributed by atoms with Crippen LogP contribution in [0.15, 0.2) is 18.2 Å². The third kappa shape index (κ3) is 1.22. The molecule has 3 nitrogen and oxygen atoms in total. The molecule has 2 heterocycles. The highest BCUT2D eigenvalue weighted by Crippen LogP contribution is 2.51. The van der Waals surface area contributed by atoms with Crippen molar-refractivity contribution in [3.8, 4) is 0 Å². The second-order valence-electron chi connectivity index (χ2n) is 6.17. The Kier molecular flexibility index (Phi) is 2.11. The molecule has 1 saturated heterocycles. The highest BCUT2D eigenvalue weighted by Gasteiger charge is 2.56. The molecule has 1 N–H and O–H groups in total. The van der Waals surface area contributed by atoms with Crippen LogP contribution < -0.4 is 10.2 Å². The quantitative estimate of drug-likeness (QED) is 0.759. The normalized spacial score (nSPS) is 28.7. The molecule has 2 aliphatic rings. The first-order chi connectivity index (χ1) is 8.36. The van der Waals surface area contributed by atoms with Crippen LogP contribution in [0.4, 0.5) is 5.69 Å². The first-order valence-electron chi connectivity index (χ1n) is 6.56. The van der Waals surface area contributed by atoms with Gasteiger partial charge in [0.25, 0.3) is 0 Å². The van der Waals surface area contributed by atoms with Gasteiger partial charge in [-0.05, 0) is 25.5 Å². The maximum absolute atomic E-state index is 11.8. The van der Waals surface area contributed by atoms with Crippen LogP contribution in [0, 0.1) is 6.92 Å². The van der Waals surface area contributed by atoms with E-state index in [1.54, 1.807) is 0 Å². The number of carbonyl (C=O) groups excluding carboxylic acids is 1. The van der Waals surface area contributed by atoms with Crippen LogP contribution in [0.3, 0.4) is 0 Å². The number of anilines is 1. The van der Waals surface area contributed by atoms with Gasteiger partial charge in [0.2, 0.25) is 5.91 Å². The van der Waals surface area contributed by atoms with Crippen LogP contribution in [-0.2, 0) is 10.2 Å². The number of hydrogen-bond donors (Lipinski definition) is 1. The first kappa shape index (κ1) is 11.6. The molecular formula is C15H20N2O. The first-order valence-corrected chi connectivity index (χ1v) is 6.56. The summed E-state index contributed by atoms with van der Waals surface area (Å²) in [5.74, 6) is 0.159. The monoisotopic (exact) mass is 244 g/mol. The smallest absolute Gasteiger partial charge is 0.223 e. The largest absolute Gasteiger partial charge is 0.347 e. The molecule has 0 aliphatic carbocycles. The van der Waals surface area contributed by atoms with E-state index in [1.165, 1.54) is 16.8 Å². The molecule has 2 aliphatic heterocycles. The third-order valence-electron chi connectivity index (χ3n) is 4.82. The number of aryl methyl sites for hydroxylation is 1. The summed E-state index contributed by atoms with van der Waals surface area (Å²) in [5.41, 5.74) is 3.50. The summed E-state index contributed by atoms with van der Waals surface area (Å²) in [7, 11) is 0. The molecule has 1 aromatic rings. The molecule has 0 saturated carbocycles. The van der Waals surface area contributed by atoms with Crippen molar-refractivity contribution in [1.29, 1.82) is 0 Å². The van der Waals surface area contributed by atoms with Crippen LogP contribution in [0.25, 0.3) is 0 Å². The molecule has 1 atom stereocenters. The van der Waals surface area contributed by atoms with Crippen LogP contribution in [0.1, 0.15) is 38.3 Å². The Morgan fingerprint density at radius 1 is 1.28 bits per heavy atom. The van der Waals surface area contributed by atoms with Crippen LogP contribution in [0.5, 0.6) is 0 Å². The minimum atomic E-state index is -0.307. The van der Waals surface area contributed by atoms with Gasteiger partial charge in [-0.15, -0.1) is 0 Å². The zero-order chi connectivity index (χ0) is 13.1. The Labute approximate surface area is 108 Å². The van der Waals surface area contributed by atoms with E-state index in [2.05, 4.69) is 56.1 Å². The van der Waals surface area contributed by atoms with E-state index in [0.717, 1.165) is 6.54 Å². The van der Waals surface area contributed by atoms with Crippen molar-refractivity contribution in [3.05, 3.63) is 29.3 Å². The van der Waals surface area contributed by atoms with Gasteiger partial charge in [0.1, 0.15) is 5.66 Å². The second-order valence-corrected chi connectivity index (χ2v) is 6.17. The summed E-state index contributed by atoms with van der Waals surface area (Å²) < 4.78 is 0. The van der Waals surface area contributed by atoms with Crippen molar-refractivity contribution in [2.45, 2.75) is 45.2 Å². The SMILES string of the molecule is Cc1ccc2c(c1)C(C)(C)[C@@]1(C)NC(=O)CCN21. The highest BCUT2D eigenvalue weighted by atomic mass is 16.2. The van der Waals surface area contributed by atoms with Crippen molar-refractivity contribution in [2.75, 3.05) is 11.4 Å². The molecule has 0 bridgehead atoms. The van der Waals surface area contributed by atoms with Crippen LogP contribution >= 0.6 is 0 Å². The number of fused-ring (bicyclic) bond motifs is 3. The maximum Gasteiger partial charge on any atom is 0.223 e. The Hall–Kier alpha value is -1.51. The lowest BCUT2D eigenvalue weighted by Crippen LogP contribution is -2.68. The highest BCUT2D eigenvalue weighted by molar-refractivity contribution is 5.83. The van der Waals surface area contributed by atoms with Gasteiger partial charge < -0.3 is 10.2 Å². The number of carbonyl (C=O) groups is 1. The average molecular weight is 244 g/mol. The Morgan fingerprint density at radius 3 is 2.72 bits per heavy atom. The molecule has 1 aromatic carbocycles. The van der Waals surface area contributed by atoms with Gasteiger partial charge in [-0.25, -0.2) is 0 Å². The predicted molar refractivity (Wildman–Crippen MR) is 72.7 cm³/mol. The molecular weight excluding hydrogens is 224 g/mol. The number of benzene rings is 1. The molecule has 1 amide bonds. The van der Waals surface area contributed by atoms with Gasteiger partial charge in [-0.3, -0.25) is 4.79 Å². The number of nitrogens with zero attached hydrogens (tertiary/aromatic N) is 1. The Bertz CT molecular complexity index is 535. The third-order valence-corrected chi connectivity index (χ3v) is 4.82. The van der Waals surface area contributed by atoms with Gasteiger partial charge in [-0.1, -0.05) is 31.5 Å². The summed E-state index contributed by atoms with van der Waals surface area (Å²) in [4.78, 5) is 14.1. The predicted octanol–water partition coefficient (Wildman–Crippen LogP) is 2.33. The Balaban J connectivity index is 2.21. The molecule has 0 spiro atoms. The molecule has 1 fully saturated rings. The summed E-state index contributed by atoms with van der Waals surface area (Å²) >= 11 is 0. The fourth-order valence-corrected chi connectivity index (χ4v) is 3.34. The zero-order valence-corrected chi connectivity index (χ0v) is 11.5. The molecule has 3 rings (SSSR count). The van der Waals surface area contributed by atoms with E-state index in [4.69, 9.17) is 0 Å². The molecule has 96 valence electrons. The zero-order valence-electron chi connectivity index (χ0n) is 11.5. The minimum Gasteiger partial charge on any atom is -0.347 e. The number of rotatable bonds is 0. The van der Waals surface area contributed by atoms with Crippen LogP contribution in [0.2, 0.25) is 0 Å². The van der Waals surface area contributed by atoms with Crippen molar-refractivity contribution < 1.29 is 4.79 Å². The lowest BCUT2D eigenvalue weighted by atomic mass is 9.75. The topological polar surface area (TPSA) is 32.3 Å². The lowest BCUT2D eigenvalue weighted by molar-refractivity contribution is -0.125. The lowest BCUT2D eigenvalue weighted by Gasteiger charge is -2.48. The van der Waals surface area contributed by atoms with Crippen molar-refractivity contribution in [1.82, 2.24) is 5.32 Å². The summed E-state index contributed by atoms with van der Waals surface area (Å²) in [5, 5.41) is 3.20. The van der Waals surface area contributed by atoms with Gasteiger partial charge in [0.15, 0.2) is 0 Å². The molecule has 0 radical (unpaired) electrons. The fourth-order valence-electron chi connectivity index (χ4n) is 3.34. The van der Waals surface area contributed by atoms with Gasteiger partial charge in [0.05, 0.1) is 0 Å². The number of amides is 1. The maximum atomic E-state index is 11.8. The van der Waals surface area contributed by atoms with E-state index in [9.17, 15) is 4.79 Å². The van der Waals surface area contributed by atoms with E-state index in [0.29, 0.717) is 6.42 Å².